The highest BCUT2D eigenvalue weighted by atomic mass is 19.1. The van der Waals surface area contributed by atoms with Crippen LogP contribution in [-0.2, 0) is 14.2 Å². The molecule has 2 aromatic heterocycles. The lowest BCUT2D eigenvalue weighted by atomic mass is 10.1. The van der Waals surface area contributed by atoms with Crippen molar-refractivity contribution in [3.8, 4) is 0 Å². The highest BCUT2D eigenvalue weighted by molar-refractivity contribution is 5.72. The van der Waals surface area contributed by atoms with Crippen molar-refractivity contribution in [1.29, 1.82) is 0 Å². The van der Waals surface area contributed by atoms with E-state index in [0.717, 1.165) is 4.57 Å². The first-order chi connectivity index (χ1) is 10.7. The van der Waals surface area contributed by atoms with Gasteiger partial charge in [-0.3, -0.25) is 4.57 Å². The first kappa shape index (κ1) is 15.0. The number of hydrogen-bond donors (Lipinski definition) is 0. The van der Waals surface area contributed by atoms with E-state index in [1.165, 1.54) is 20.4 Å². The second-order valence-electron chi connectivity index (χ2n) is 5.01. The number of alkyl halides is 1. The summed E-state index contributed by atoms with van der Waals surface area (Å²) in [4.78, 5) is 20.0. The fourth-order valence-electron chi connectivity index (χ4n) is 2.64. The van der Waals surface area contributed by atoms with Crippen molar-refractivity contribution in [2.24, 2.45) is 0 Å². The molecule has 1 saturated heterocycles. The molecule has 3 rings (SSSR count). The Hall–Kier alpha value is -1.90. The zero-order valence-corrected chi connectivity index (χ0v) is 12.2. The van der Waals surface area contributed by atoms with Gasteiger partial charge < -0.3 is 14.2 Å². The van der Waals surface area contributed by atoms with E-state index in [-0.39, 0.29) is 6.61 Å². The zero-order valence-electron chi connectivity index (χ0n) is 12.2. The molecule has 22 heavy (non-hydrogen) atoms. The zero-order chi connectivity index (χ0) is 15.7. The first-order valence-corrected chi connectivity index (χ1v) is 6.81. The molecule has 1 fully saturated rings. The molecule has 2 aromatic rings. The number of halogens is 1. The Morgan fingerprint density at radius 2 is 2.27 bits per heavy atom. The maximum Gasteiger partial charge on any atom is 0.351 e. The van der Waals surface area contributed by atoms with E-state index in [1.54, 1.807) is 18.3 Å². The molecule has 0 aromatic carbocycles. The van der Waals surface area contributed by atoms with E-state index in [0.29, 0.717) is 11.0 Å². The normalized spacial score (nSPS) is 28.3. The van der Waals surface area contributed by atoms with Crippen LogP contribution in [0, 0.1) is 0 Å². The summed E-state index contributed by atoms with van der Waals surface area (Å²) in [5, 5.41) is 0.627. The molecule has 0 bridgehead atoms. The summed E-state index contributed by atoms with van der Waals surface area (Å²) in [6.07, 6.45) is -0.961. The maximum absolute atomic E-state index is 14.6. The predicted molar refractivity (Wildman–Crippen MR) is 75.3 cm³/mol. The number of rotatable bonds is 4. The van der Waals surface area contributed by atoms with Crippen LogP contribution in [0.3, 0.4) is 0 Å². The number of aromatic nitrogens is 3. The Kier molecular flexibility index (Phi) is 4.14. The van der Waals surface area contributed by atoms with Crippen LogP contribution in [-0.4, -0.2) is 53.7 Å². The van der Waals surface area contributed by atoms with Gasteiger partial charge in [0.15, 0.2) is 18.0 Å². The van der Waals surface area contributed by atoms with E-state index < -0.39 is 30.3 Å². The van der Waals surface area contributed by atoms with Gasteiger partial charge in [0.25, 0.3) is 0 Å². The Morgan fingerprint density at radius 1 is 1.45 bits per heavy atom. The van der Waals surface area contributed by atoms with Crippen molar-refractivity contribution in [2.45, 2.75) is 24.6 Å². The van der Waals surface area contributed by atoms with Crippen LogP contribution in [0.25, 0.3) is 11.0 Å². The minimum Gasteiger partial charge on any atom is -0.382 e. The quantitative estimate of drug-likeness (QED) is 0.827. The van der Waals surface area contributed by atoms with Gasteiger partial charge in [-0.2, -0.15) is 4.98 Å². The molecule has 0 spiro atoms. The summed E-state index contributed by atoms with van der Waals surface area (Å²) in [6.45, 7) is 0.173. The van der Waals surface area contributed by atoms with Crippen molar-refractivity contribution in [3.63, 3.8) is 0 Å². The summed E-state index contributed by atoms with van der Waals surface area (Å²) >= 11 is 0. The molecule has 4 unspecified atom stereocenters. The smallest absolute Gasteiger partial charge is 0.351 e. The van der Waals surface area contributed by atoms with E-state index in [1.807, 2.05) is 0 Å². The monoisotopic (exact) mass is 309 g/mol. The highest BCUT2D eigenvalue weighted by Crippen LogP contribution is 2.33. The lowest BCUT2D eigenvalue weighted by Gasteiger charge is -2.16. The number of pyridine rings is 1. The van der Waals surface area contributed by atoms with Crippen molar-refractivity contribution in [3.05, 3.63) is 35.0 Å². The Bertz CT molecular complexity index is 723. The molecule has 1 aliphatic heterocycles. The number of hydrogen-bond acceptors (Lipinski definition) is 6. The SMILES string of the molecule is COCC1OC(n2cc3cccnc3nc2=O)C(F)C1OC. The first-order valence-electron chi connectivity index (χ1n) is 6.81. The van der Waals surface area contributed by atoms with Crippen LogP contribution < -0.4 is 5.69 Å². The number of fused-ring (bicyclic) bond motifs is 1. The van der Waals surface area contributed by atoms with Gasteiger partial charge in [-0.25, -0.2) is 14.2 Å². The van der Waals surface area contributed by atoms with Crippen molar-refractivity contribution >= 4 is 11.0 Å². The Morgan fingerprint density at radius 3 is 3.00 bits per heavy atom. The van der Waals surface area contributed by atoms with Gasteiger partial charge in [0.1, 0.15) is 12.2 Å². The Balaban J connectivity index is 2.00. The Labute approximate surface area is 125 Å². The van der Waals surface area contributed by atoms with Gasteiger partial charge in [-0.05, 0) is 12.1 Å². The molecule has 4 atom stereocenters. The summed E-state index contributed by atoms with van der Waals surface area (Å²) in [7, 11) is 2.89. The third-order valence-corrected chi connectivity index (χ3v) is 3.66. The van der Waals surface area contributed by atoms with Crippen molar-refractivity contribution in [2.75, 3.05) is 20.8 Å². The van der Waals surface area contributed by atoms with Crippen molar-refractivity contribution < 1.29 is 18.6 Å². The predicted octanol–water partition coefficient (Wildman–Crippen LogP) is 0.688. The molecule has 0 radical (unpaired) electrons. The number of nitrogens with zero attached hydrogens (tertiary/aromatic N) is 3. The van der Waals surface area contributed by atoms with Gasteiger partial charge >= 0.3 is 5.69 Å². The van der Waals surface area contributed by atoms with Crippen LogP contribution in [0.4, 0.5) is 4.39 Å². The topological polar surface area (TPSA) is 75.5 Å². The fourth-order valence-corrected chi connectivity index (χ4v) is 2.64. The van der Waals surface area contributed by atoms with Gasteiger partial charge in [0.05, 0.1) is 6.61 Å². The molecule has 0 saturated carbocycles. The number of methoxy groups -OCH3 is 2. The molecule has 8 heteroatoms. The fraction of sp³-hybridized carbons (Fsp3) is 0.500. The lowest BCUT2D eigenvalue weighted by molar-refractivity contribution is -0.0623. The van der Waals surface area contributed by atoms with E-state index >= 15 is 0 Å². The van der Waals surface area contributed by atoms with Gasteiger partial charge in [0, 0.05) is 32.0 Å². The van der Waals surface area contributed by atoms with Crippen LogP contribution in [0.1, 0.15) is 6.23 Å². The molecule has 1 aliphatic rings. The maximum atomic E-state index is 14.6. The van der Waals surface area contributed by atoms with Gasteiger partial charge in [-0.1, -0.05) is 0 Å². The second-order valence-corrected chi connectivity index (χ2v) is 5.01. The van der Waals surface area contributed by atoms with Crippen LogP contribution in [0.15, 0.2) is 29.3 Å². The molecule has 118 valence electrons. The van der Waals surface area contributed by atoms with Crippen molar-refractivity contribution in [1.82, 2.24) is 14.5 Å². The van der Waals surface area contributed by atoms with Gasteiger partial charge in [-0.15, -0.1) is 0 Å². The summed E-state index contributed by atoms with van der Waals surface area (Å²) < 4.78 is 31.5. The van der Waals surface area contributed by atoms with E-state index in [4.69, 9.17) is 14.2 Å². The lowest BCUT2D eigenvalue weighted by Crippen LogP contribution is -2.35. The molecule has 0 aliphatic carbocycles. The minimum absolute atomic E-state index is 0.173. The summed E-state index contributed by atoms with van der Waals surface area (Å²) in [6, 6.07) is 3.46. The minimum atomic E-state index is -1.50. The number of ether oxygens (including phenoxy) is 3. The molecule has 3 heterocycles. The van der Waals surface area contributed by atoms with Crippen LogP contribution in [0.5, 0.6) is 0 Å². The standard InChI is InChI=1S/C14H16FN3O4/c1-20-7-9-11(21-2)10(15)13(22-9)18-6-8-4-3-5-16-12(8)17-14(18)19/h3-6,9-11,13H,7H2,1-2H3. The average Bonchev–Trinajstić information content (AvgIpc) is 2.82. The summed E-state index contributed by atoms with van der Waals surface area (Å²) in [5.41, 5.74) is -0.305. The summed E-state index contributed by atoms with van der Waals surface area (Å²) in [5.74, 6) is 0. The van der Waals surface area contributed by atoms with Gasteiger partial charge in [0.2, 0.25) is 0 Å². The molecular weight excluding hydrogens is 293 g/mol. The van der Waals surface area contributed by atoms with Crippen LogP contribution in [0.2, 0.25) is 0 Å². The molecular formula is C14H16FN3O4. The van der Waals surface area contributed by atoms with E-state index in [9.17, 15) is 9.18 Å². The van der Waals surface area contributed by atoms with E-state index in [2.05, 4.69) is 9.97 Å². The average molecular weight is 309 g/mol. The third kappa shape index (κ3) is 2.49. The molecule has 7 nitrogen and oxygen atoms in total. The highest BCUT2D eigenvalue weighted by Gasteiger charge is 2.46. The second kappa shape index (κ2) is 6.07. The third-order valence-electron chi connectivity index (χ3n) is 3.66. The molecule has 0 N–H and O–H groups in total. The molecule has 0 amide bonds. The van der Waals surface area contributed by atoms with Crippen LogP contribution >= 0.6 is 0 Å². The largest absolute Gasteiger partial charge is 0.382 e.